The second kappa shape index (κ2) is 10.6. The predicted molar refractivity (Wildman–Crippen MR) is 140 cm³/mol. The summed E-state index contributed by atoms with van der Waals surface area (Å²) in [5.74, 6) is 2.47. The molecule has 6 heteroatoms. The van der Waals surface area contributed by atoms with Gasteiger partial charge in [-0.1, -0.05) is 42.5 Å². The number of hydrogen-bond acceptors (Lipinski definition) is 5. The summed E-state index contributed by atoms with van der Waals surface area (Å²) in [7, 11) is 5.01. The summed E-state index contributed by atoms with van der Waals surface area (Å²) in [4.78, 5) is 18.1. The number of nitrogens with zero attached hydrogens (tertiary/aromatic N) is 2. The van der Waals surface area contributed by atoms with Gasteiger partial charge in [0.2, 0.25) is 5.91 Å². The number of carbonyl (C=O) groups is 1. The lowest BCUT2D eigenvalue weighted by Gasteiger charge is -2.39. The van der Waals surface area contributed by atoms with Crippen LogP contribution in [0.1, 0.15) is 47.2 Å². The van der Waals surface area contributed by atoms with E-state index in [2.05, 4.69) is 58.3 Å². The third kappa shape index (κ3) is 4.65. The molecule has 2 heterocycles. The smallest absolute Gasteiger partial charge is 0.237 e. The van der Waals surface area contributed by atoms with E-state index in [0.717, 1.165) is 43.9 Å². The standard InChI is InChI=1S/C30H34N2O4/c1-34-24-13-11-21(12-14-24)26-10-7-16-32(26)29(33)20-31-17-15-23-18-27(35-2)28(36-3)19-25(23)30(31)22-8-5-4-6-9-22/h4-6,8-9,11-14,18-19,26,30H,7,10,15-17,20H2,1-3H3. The van der Waals surface area contributed by atoms with E-state index in [9.17, 15) is 4.79 Å². The molecular weight excluding hydrogens is 452 g/mol. The zero-order valence-electron chi connectivity index (χ0n) is 21.3. The molecule has 36 heavy (non-hydrogen) atoms. The van der Waals surface area contributed by atoms with Gasteiger partial charge in [0.15, 0.2) is 11.5 Å². The fourth-order valence-electron chi connectivity index (χ4n) is 5.70. The van der Waals surface area contributed by atoms with Gasteiger partial charge >= 0.3 is 0 Å². The summed E-state index contributed by atoms with van der Waals surface area (Å²) in [6, 6.07) is 22.8. The van der Waals surface area contributed by atoms with Gasteiger partial charge in [-0.3, -0.25) is 9.69 Å². The van der Waals surface area contributed by atoms with E-state index >= 15 is 0 Å². The van der Waals surface area contributed by atoms with Gasteiger partial charge < -0.3 is 19.1 Å². The van der Waals surface area contributed by atoms with Gasteiger partial charge in [-0.2, -0.15) is 0 Å². The Labute approximate surface area is 213 Å². The molecule has 0 spiro atoms. The summed E-state index contributed by atoms with van der Waals surface area (Å²) in [5, 5.41) is 0. The molecule has 3 aromatic rings. The van der Waals surface area contributed by atoms with E-state index in [0.29, 0.717) is 12.3 Å². The first-order valence-corrected chi connectivity index (χ1v) is 12.6. The number of methoxy groups -OCH3 is 3. The predicted octanol–water partition coefficient (Wildman–Crippen LogP) is 5.02. The molecule has 188 valence electrons. The molecule has 6 nitrogen and oxygen atoms in total. The number of rotatable bonds is 7. The van der Waals surface area contributed by atoms with Gasteiger partial charge in [0, 0.05) is 13.1 Å². The first kappa shape index (κ1) is 24.2. The van der Waals surface area contributed by atoms with E-state index in [1.807, 2.05) is 18.2 Å². The lowest BCUT2D eigenvalue weighted by atomic mass is 9.87. The molecule has 1 fully saturated rings. The van der Waals surface area contributed by atoms with E-state index < -0.39 is 0 Å². The number of hydrogen-bond donors (Lipinski definition) is 0. The van der Waals surface area contributed by atoms with Crippen molar-refractivity contribution in [3.05, 3.63) is 89.0 Å². The van der Waals surface area contributed by atoms with Crippen LogP contribution < -0.4 is 14.2 Å². The second-order valence-electron chi connectivity index (χ2n) is 9.46. The second-order valence-corrected chi connectivity index (χ2v) is 9.46. The Hall–Kier alpha value is -3.51. The van der Waals surface area contributed by atoms with Crippen molar-refractivity contribution in [1.82, 2.24) is 9.80 Å². The molecule has 0 radical (unpaired) electrons. The average Bonchev–Trinajstić information content (AvgIpc) is 3.43. The summed E-state index contributed by atoms with van der Waals surface area (Å²) in [6.45, 7) is 1.97. The van der Waals surface area contributed by atoms with E-state index in [1.165, 1.54) is 22.3 Å². The number of carbonyl (C=O) groups excluding carboxylic acids is 1. The van der Waals surface area contributed by atoms with Crippen LogP contribution in [-0.2, 0) is 11.2 Å². The van der Waals surface area contributed by atoms with Crippen LogP contribution in [-0.4, -0.2) is 56.7 Å². The molecular formula is C30H34N2O4. The Balaban J connectivity index is 1.43. The highest BCUT2D eigenvalue weighted by Gasteiger charge is 2.35. The van der Waals surface area contributed by atoms with Crippen molar-refractivity contribution in [2.75, 3.05) is 41.0 Å². The third-order valence-electron chi connectivity index (χ3n) is 7.50. The molecule has 1 saturated heterocycles. The Kier molecular flexibility index (Phi) is 7.14. The zero-order valence-corrected chi connectivity index (χ0v) is 21.3. The number of amides is 1. The van der Waals surface area contributed by atoms with Crippen LogP contribution in [0.15, 0.2) is 66.7 Å². The highest BCUT2D eigenvalue weighted by atomic mass is 16.5. The Morgan fingerprint density at radius 2 is 1.58 bits per heavy atom. The molecule has 0 aliphatic carbocycles. The Morgan fingerprint density at radius 1 is 0.861 bits per heavy atom. The van der Waals surface area contributed by atoms with Crippen molar-refractivity contribution in [3.63, 3.8) is 0 Å². The molecule has 0 N–H and O–H groups in total. The molecule has 2 atom stereocenters. The van der Waals surface area contributed by atoms with Crippen LogP contribution in [0.2, 0.25) is 0 Å². The average molecular weight is 487 g/mol. The molecule has 0 aromatic heterocycles. The first-order chi connectivity index (χ1) is 17.6. The maximum Gasteiger partial charge on any atom is 0.237 e. The summed E-state index contributed by atoms with van der Waals surface area (Å²) < 4.78 is 16.5. The normalized spacial score (nSPS) is 19.6. The van der Waals surface area contributed by atoms with Crippen LogP contribution >= 0.6 is 0 Å². The number of fused-ring (bicyclic) bond motifs is 1. The van der Waals surface area contributed by atoms with Crippen LogP contribution in [0.25, 0.3) is 0 Å². The molecule has 2 unspecified atom stereocenters. The van der Waals surface area contributed by atoms with E-state index in [-0.39, 0.29) is 18.0 Å². The molecule has 0 saturated carbocycles. The highest BCUT2D eigenvalue weighted by Crippen LogP contribution is 2.41. The van der Waals surface area contributed by atoms with Crippen molar-refractivity contribution < 1.29 is 19.0 Å². The third-order valence-corrected chi connectivity index (χ3v) is 7.50. The van der Waals surface area contributed by atoms with E-state index in [1.54, 1.807) is 21.3 Å². The van der Waals surface area contributed by atoms with Gasteiger partial charge in [0.05, 0.1) is 40.0 Å². The molecule has 5 rings (SSSR count). The molecule has 2 aliphatic rings. The van der Waals surface area contributed by atoms with Gasteiger partial charge in [-0.05, 0) is 65.8 Å². The molecule has 2 aliphatic heterocycles. The van der Waals surface area contributed by atoms with Crippen molar-refractivity contribution in [1.29, 1.82) is 0 Å². The minimum absolute atomic E-state index is 0.0271. The summed E-state index contributed by atoms with van der Waals surface area (Å²) in [6.07, 6.45) is 2.86. The number of benzene rings is 3. The minimum Gasteiger partial charge on any atom is -0.497 e. The maximum absolute atomic E-state index is 13.7. The molecule has 3 aromatic carbocycles. The quantitative estimate of drug-likeness (QED) is 0.469. The van der Waals surface area contributed by atoms with Crippen LogP contribution in [0, 0.1) is 0 Å². The Bertz CT molecular complexity index is 1200. The topological polar surface area (TPSA) is 51.2 Å². The van der Waals surface area contributed by atoms with Gasteiger partial charge in [-0.15, -0.1) is 0 Å². The fraction of sp³-hybridized carbons (Fsp3) is 0.367. The largest absolute Gasteiger partial charge is 0.497 e. The van der Waals surface area contributed by atoms with Crippen molar-refractivity contribution in [3.8, 4) is 17.2 Å². The summed E-state index contributed by atoms with van der Waals surface area (Å²) in [5.41, 5.74) is 4.75. The lowest BCUT2D eigenvalue weighted by molar-refractivity contribution is -0.133. The van der Waals surface area contributed by atoms with E-state index in [4.69, 9.17) is 14.2 Å². The van der Waals surface area contributed by atoms with Crippen molar-refractivity contribution in [2.45, 2.75) is 31.3 Å². The maximum atomic E-state index is 13.7. The fourth-order valence-corrected chi connectivity index (χ4v) is 5.70. The van der Waals surface area contributed by atoms with Crippen LogP contribution in [0.3, 0.4) is 0 Å². The zero-order chi connectivity index (χ0) is 25.1. The van der Waals surface area contributed by atoms with Crippen molar-refractivity contribution >= 4 is 5.91 Å². The monoisotopic (exact) mass is 486 g/mol. The Morgan fingerprint density at radius 3 is 2.28 bits per heavy atom. The minimum atomic E-state index is -0.0271. The van der Waals surface area contributed by atoms with Gasteiger partial charge in [0.1, 0.15) is 5.75 Å². The lowest BCUT2D eigenvalue weighted by Crippen LogP contribution is -2.44. The number of likely N-dealkylation sites (tertiary alicyclic amines) is 1. The molecule has 0 bridgehead atoms. The van der Waals surface area contributed by atoms with Crippen molar-refractivity contribution in [2.24, 2.45) is 0 Å². The highest BCUT2D eigenvalue weighted by molar-refractivity contribution is 5.79. The molecule has 1 amide bonds. The van der Waals surface area contributed by atoms with Crippen LogP contribution in [0.5, 0.6) is 17.2 Å². The first-order valence-electron chi connectivity index (χ1n) is 12.6. The summed E-state index contributed by atoms with van der Waals surface area (Å²) >= 11 is 0. The number of ether oxygens (including phenoxy) is 3. The van der Waals surface area contributed by atoms with Crippen LogP contribution in [0.4, 0.5) is 0 Å². The SMILES string of the molecule is COc1ccc(C2CCCN2C(=O)CN2CCc3cc(OC)c(OC)cc3C2c2ccccc2)cc1. The van der Waals surface area contributed by atoms with Gasteiger partial charge in [0.25, 0.3) is 0 Å². The van der Waals surface area contributed by atoms with Gasteiger partial charge in [-0.25, -0.2) is 0 Å².